The Morgan fingerprint density at radius 3 is 1.68 bits per heavy atom. The molecule has 9 heteroatoms. The minimum Gasteiger partial charge on any atom is -0.381 e. The van der Waals surface area contributed by atoms with Crippen molar-refractivity contribution in [2.45, 2.75) is 105 Å². The molecule has 0 aromatic carbocycles. The van der Waals surface area contributed by atoms with E-state index in [9.17, 15) is 19.2 Å². The van der Waals surface area contributed by atoms with Gasteiger partial charge in [0.2, 0.25) is 5.91 Å². The van der Waals surface area contributed by atoms with Crippen molar-refractivity contribution >= 4 is 23.9 Å². The first-order valence-electron chi connectivity index (χ1n) is 15.3. The number of carbonyl (C=O) groups is 4. The normalized spacial score (nSPS) is 16.7. The molecule has 2 rings (SSSR count). The Bertz CT molecular complexity index is 872. The highest BCUT2D eigenvalue weighted by Crippen LogP contribution is 2.31. The average Bonchev–Trinajstić information content (AvgIpc) is 3.33. The van der Waals surface area contributed by atoms with E-state index in [0.717, 1.165) is 83.8 Å². The molecule has 2 aliphatic rings. The van der Waals surface area contributed by atoms with Crippen molar-refractivity contribution in [3.63, 3.8) is 0 Å². The minimum atomic E-state index is -0.257. The van der Waals surface area contributed by atoms with E-state index >= 15 is 0 Å². The molecule has 6 amide bonds. The maximum Gasteiger partial charge on any atom is 0.331 e. The van der Waals surface area contributed by atoms with E-state index in [-0.39, 0.29) is 47.8 Å². The van der Waals surface area contributed by atoms with Crippen LogP contribution in [0.2, 0.25) is 0 Å². The number of imide groups is 2. The highest BCUT2D eigenvalue weighted by Gasteiger charge is 2.35. The molecule has 0 atom stereocenters. The number of carbonyl (C=O) groups excluding carboxylic acids is 4. The van der Waals surface area contributed by atoms with Crippen molar-refractivity contribution in [2.24, 2.45) is 10.8 Å². The number of rotatable bonds is 21. The zero-order valence-corrected chi connectivity index (χ0v) is 25.8. The SMILES string of the molecule is C=CN1CC(=O)N(CCCC(C)(C)CCCCOCCCCC(C)(C)CCCCN2C(=O)CN(CC)C2=O)C1=O. The summed E-state index contributed by atoms with van der Waals surface area (Å²) in [4.78, 5) is 54.1. The van der Waals surface area contributed by atoms with Crippen LogP contribution in [-0.2, 0) is 14.3 Å². The van der Waals surface area contributed by atoms with E-state index in [0.29, 0.717) is 19.6 Å². The Kier molecular flexibility index (Phi) is 13.6. The van der Waals surface area contributed by atoms with Crippen LogP contribution in [0.25, 0.3) is 0 Å². The van der Waals surface area contributed by atoms with Crippen molar-refractivity contribution in [1.82, 2.24) is 19.6 Å². The highest BCUT2D eigenvalue weighted by atomic mass is 16.5. The lowest BCUT2D eigenvalue weighted by atomic mass is 9.82. The molecule has 0 radical (unpaired) electrons. The fourth-order valence-corrected chi connectivity index (χ4v) is 5.54. The third-order valence-corrected chi connectivity index (χ3v) is 8.32. The first-order chi connectivity index (χ1) is 18.9. The van der Waals surface area contributed by atoms with Crippen LogP contribution in [0.4, 0.5) is 9.59 Å². The van der Waals surface area contributed by atoms with Gasteiger partial charge < -0.3 is 9.64 Å². The van der Waals surface area contributed by atoms with Crippen molar-refractivity contribution in [3.05, 3.63) is 12.8 Å². The van der Waals surface area contributed by atoms with E-state index in [2.05, 4.69) is 34.3 Å². The number of amides is 6. The number of urea groups is 2. The van der Waals surface area contributed by atoms with Crippen LogP contribution in [-0.4, -0.2) is 89.4 Å². The third-order valence-electron chi connectivity index (χ3n) is 8.32. The lowest BCUT2D eigenvalue weighted by molar-refractivity contribution is -0.126. The maximum atomic E-state index is 12.2. The van der Waals surface area contributed by atoms with Gasteiger partial charge >= 0.3 is 12.1 Å². The zero-order valence-electron chi connectivity index (χ0n) is 25.8. The van der Waals surface area contributed by atoms with Crippen LogP contribution in [0, 0.1) is 10.8 Å². The van der Waals surface area contributed by atoms with Gasteiger partial charge in [-0.15, -0.1) is 0 Å². The Labute approximate surface area is 242 Å². The molecule has 9 nitrogen and oxygen atoms in total. The average molecular weight is 563 g/mol. The van der Waals surface area contributed by atoms with Gasteiger partial charge in [-0.3, -0.25) is 24.3 Å². The van der Waals surface area contributed by atoms with Gasteiger partial charge in [-0.05, 0) is 69.1 Å². The molecule has 0 aromatic heterocycles. The molecule has 0 aromatic rings. The number of hydrogen-bond acceptors (Lipinski definition) is 5. The molecule has 0 saturated carbocycles. The second-order valence-corrected chi connectivity index (χ2v) is 12.9. The van der Waals surface area contributed by atoms with Gasteiger partial charge in [0.1, 0.15) is 13.1 Å². The first kappa shape index (κ1) is 33.8. The van der Waals surface area contributed by atoms with Gasteiger partial charge in [-0.25, -0.2) is 9.59 Å². The second-order valence-electron chi connectivity index (χ2n) is 12.9. The quantitative estimate of drug-likeness (QED) is 0.126. The van der Waals surface area contributed by atoms with Crippen LogP contribution in [0.1, 0.15) is 105 Å². The standard InChI is InChI=1S/C31H54N4O5/c1-7-32-24-26(36)34(28(32)38)20-12-9-16-30(3,4)17-10-13-22-40-23-14-11-18-31(5,6)19-15-21-35-27(37)25-33(8-2)29(35)39/h8H,2,7,9-25H2,1,3-6H3. The van der Waals surface area contributed by atoms with E-state index in [4.69, 9.17) is 4.74 Å². The lowest BCUT2D eigenvalue weighted by Crippen LogP contribution is -2.33. The maximum absolute atomic E-state index is 12.2. The summed E-state index contributed by atoms with van der Waals surface area (Å²) in [6.07, 6.45) is 12.8. The summed E-state index contributed by atoms with van der Waals surface area (Å²) in [6, 6.07) is -0.394. The molecule has 228 valence electrons. The van der Waals surface area contributed by atoms with Crippen LogP contribution >= 0.6 is 0 Å². The van der Waals surface area contributed by atoms with E-state index in [1.807, 2.05) is 6.92 Å². The van der Waals surface area contributed by atoms with Gasteiger partial charge in [0.15, 0.2) is 0 Å². The summed E-state index contributed by atoms with van der Waals surface area (Å²) >= 11 is 0. The van der Waals surface area contributed by atoms with Crippen molar-refractivity contribution in [1.29, 1.82) is 0 Å². The predicted octanol–water partition coefficient (Wildman–Crippen LogP) is 6.04. The van der Waals surface area contributed by atoms with Crippen LogP contribution in [0.15, 0.2) is 12.8 Å². The smallest absolute Gasteiger partial charge is 0.331 e. The molecule has 0 bridgehead atoms. The summed E-state index contributed by atoms with van der Waals surface area (Å²) in [5.41, 5.74) is 0.422. The molecule has 0 N–H and O–H groups in total. The lowest BCUT2D eigenvalue weighted by Gasteiger charge is -2.25. The minimum absolute atomic E-state index is 0.0683. The third kappa shape index (κ3) is 10.9. The molecule has 2 fully saturated rings. The number of unbranched alkanes of at least 4 members (excludes halogenated alkanes) is 3. The monoisotopic (exact) mass is 562 g/mol. The Morgan fingerprint density at radius 2 is 1.18 bits per heavy atom. The second kappa shape index (κ2) is 16.1. The molecule has 0 unspecified atom stereocenters. The number of hydrogen-bond donors (Lipinski definition) is 0. The Morgan fingerprint density at radius 1 is 0.700 bits per heavy atom. The van der Waals surface area contributed by atoms with Gasteiger partial charge in [0.05, 0.1) is 0 Å². The molecule has 0 spiro atoms. The van der Waals surface area contributed by atoms with Gasteiger partial charge in [0.25, 0.3) is 5.91 Å². The largest absolute Gasteiger partial charge is 0.381 e. The molecule has 2 saturated heterocycles. The fourth-order valence-electron chi connectivity index (χ4n) is 5.54. The first-order valence-corrected chi connectivity index (χ1v) is 15.3. The molecular weight excluding hydrogens is 508 g/mol. The summed E-state index contributed by atoms with van der Waals surface area (Å²) < 4.78 is 5.88. The van der Waals surface area contributed by atoms with E-state index in [1.54, 1.807) is 4.90 Å². The molecule has 2 aliphatic heterocycles. The Balaban J connectivity index is 1.45. The summed E-state index contributed by atoms with van der Waals surface area (Å²) in [5, 5.41) is 0. The van der Waals surface area contributed by atoms with E-state index < -0.39 is 0 Å². The van der Waals surface area contributed by atoms with Gasteiger partial charge in [-0.2, -0.15) is 0 Å². The topological polar surface area (TPSA) is 90.5 Å². The predicted molar refractivity (Wildman–Crippen MR) is 158 cm³/mol. The van der Waals surface area contributed by atoms with Gasteiger partial charge in [0, 0.05) is 39.0 Å². The van der Waals surface area contributed by atoms with Crippen LogP contribution < -0.4 is 0 Å². The fraction of sp³-hybridized carbons (Fsp3) is 0.806. The summed E-state index contributed by atoms with van der Waals surface area (Å²) in [7, 11) is 0. The molecule has 40 heavy (non-hydrogen) atoms. The number of nitrogens with zero attached hydrogens (tertiary/aromatic N) is 4. The van der Waals surface area contributed by atoms with Crippen LogP contribution in [0.5, 0.6) is 0 Å². The molecular formula is C31H54N4O5. The molecule has 2 heterocycles. The van der Waals surface area contributed by atoms with Crippen molar-refractivity contribution in [2.75, 3.05) is 45.9 Å². The van der Waals surface area contributed by atoms with Crippen LogP contribution in [0.3, 0.4) is 0 Å². The zero-order chi connectivity index (χ0) is 29.8. The van der Waals surface area contributed by atoms with Gasteiger partial charge in [-0.1, -0.05) is 53.5 Å². The van der Waals surface area contributed by atoms with Crippen molar-refractivity contribution < 1.29 is 23.9 Å². The van der Waals surface area contributed by atoms with E-state index in [1.165, 1.54) is 20.9 Å². The number of likely N-dealkylation sites (N-methyl/N-ethyl adjacent to an activating group) is 1. The number of ether oxygens (including phenoxy) is 1. The summed E-state index contributed by atoms with van der Waals surface area (Å²) in [5.74, 6) is -0.209. The Hall–Kier alpha value is -2.42. The molecule has 0 aliphatic carbocycles. The summed E-state index contributed by atoms with van der Waals surface area (Å²) in [6.45, 7) is 18.1. The highest BCUT2D eigenvalue weighted by molar-refractivity contribution is 6.02. The van der Waals surface area contributed by atoms with Crippen molar-refractivity contribution in [3.8, 4) is 0 Å².